The summed E-state index contributed by atoms with van der Waals surface area (Å²) in [7, 11) is 0. The molecule has 0 fully saturated rings. The van der Waals surface area contributed by atoms with E-state index in [1.807, 2.05) is 6.92 Å². The third-order valence-electron chi connectivity index (χ3n) is 1.03. The van der Waals surface area contributed by atoms with Crippen molar-refractivity contribution in [3.05, 3.63) is 5.82 Å². The van der Waals surface area contributed by atoms with Crippen LogP contribution in [0.4, 0.5) is 11.9 Å². The highest BCUT2D eigenvalue weighted by atomic mass is 15.1. The zero-order valence-electron chi connectivity index (χ0n) is 5.70. The lowest BCUT2D eigenvalue weighted by atomic mass is 10.5. The number of anilines is 2. The van der Waals surface area contributed by atoms with Crippen LogP contribution in [0.3, 0.4) is 0 Å². The lowest BCUT2D eigenvalue weighted by Crippen LogP contribution is -2.05. The summed E-state index contributed by atoms with van der Waals surface area (Å²) in [6.45, 7) is 1.92. The van der Waals surface area contributed by atoms with Gasteiger partial charge in [-0.3, -0.25) is 0 Å². The monoisotopic (exact) mass is 139 g/mol. The van der Waals surface area contributed by atoms with E-state index in [0.29, 0.717) is 5.82 Å². The Labute approximate surface area is 58.5 Å². The molecule has 0 bridgehead atoms. The minimum atomic E-state index is 0.185. The second-order valence-corrected chi connectivity index (χ2v) is 1.82. The maximum Gasteiger partial charge on any atom is 0.225 e. The first-order chi connectivity index (χ1) is 4.72. The number of nitrogens with two attached hydrogens (primary N) is 2. The second-order valence-electron chi connectivity index (χ2n) is 1.82. The van der Waals surface area contributed by atoms with E-state index in [2.05, 4.69) is 15.0 Å². The summed E-state index contributed by atoms with van der Waals surface area (Å²) in [6, 6.07) is 0. The molecule has 0 aromatic carbocycles. The van der Waals surface area contributed by atoms with E-state index in [1.54, 1.807) is 0 Å². The molecule has 0 radical (unpaired) electrons. The van der Waals surface area contributed by atoms with Crippen molar-refractivity contribution in [1.29, 1.82) is 0 Å². The maximum absolute atomic E-state index is 5.29. The molecule has 0 saturated carbocycles. The third kappa shape index (κ3) is 1.31. The predicted octanol–water partition coefficient (Wildman–Crippen LogP) is -0.402. The molecule has 1 aromatic heterocycles. The van der Waals surface area contributed by atoms with E-state index < -0.39 is 0 Å². The van der Waals surface area contributed by atoms with Crippen LogP contribution in [-0.2, 0) is 6.42 Å². The molecule has 1 heterocycles. The molecule has 0 unspecified atom stereocenters. The summed E-state index contributed by atoms with van der Waals surface area (Å²) < 4.78 is 0. The summed E-state index contributed by atoms with van der Waals surface area (Å²) in [4.78, 5) is 11.3. The van der Waals surface area contributed by atoms with E-state index in [9.17, 15) is 0 Å². The lowest BCUT2D eigenvalue weighted by Gasteiger charge is -1.96. The van der Waals surface area contributed by atoms with Gasteiger partial charge in [0.25, 0.3) is 0 Å². The Bertz CT molecular complexity index is 213. The third-order valence-corrected chi connectivity index (χ3v) is 1.03. The molecule has 10 heavy (non-hydrogen) atoms. The van der Waals surface area contributed by atoms with E-state index >= 15 is 0 Å². The zero-order chi connectivity index (χ0) is 7.56. The van der Waals surface area contributed by atoms with Crippen LogP contribution in [0, 0.1) is 0 Å². The van der Waals surface area contributed by atoms with Crippen molar-refractivity contribution in [2.75, 3.05) is 11.5 Å². The highest BCUT2D eigenvalue weighted by Crippen LogP contribution is 1.97. The van der Waals surface area contributed by atoms with Crippen molar-refractivity contribution in [3.8, 4) is 0 Å². The largest absolute Gasteiger partial charge is 0.368 e. The fourth-order valence-electron chi connectivity index (χ4n) is 0.615. The van der Waals surface area contributed by atoms with Crippen LogP contribution in [0.1, 0.15) is 12.7 Å². The van der Waals surface area contributed by atoms with Gasteiger partial charge in [0.2, 0.25) is 11.9 Å². The molecule has 0 spiro atoms. The van der Waals surface area contributed by atoms with E-state index in [1.165, 1.54) is 0 Å². The van der Waals surface area contributed by atoms with Crippen LogP contribution >= 0.6 is 0 Å². The number of hydrogen-bond acceptors (Lipinski definition) is 5. The Hall–Kier alpha value is -1.39. The Balaban J connectivity index is 3.06. The van der Waals surface area contributed by atoms with Gasteiger partial charge in [-0.2, -0.15) is 15.0 Å². The summed E-state index contributed by atoms with van der Waals surface area (Å²) in [5.41, 5.74) is 10.6. The molecule has 0 aliphatic heterocycles. The smallest absolute Gasteiger partial charge is 0.225 e. The van der Waals surface area contributed by atoms with Gasteiger partial charge < -0.3 is 11.5 Å². The molecule has 1 aromatic rings. The predicted molar refractivity (Wildman–Crippen MR) is 38.0 cm³/mol. The lowest BCUT2D eigenvalue weighted by molar-refractivity contribution is 0.916. The van der Waals surface area contributed by atoms with Crippen molar-refractivity contribution in [3.63, 3.8) is 0 Å². The Morgan fingerprint density at radius 3 is 2.00 bits per heavy atom. The Morgan fingerprint density at radius 1 is 1.10 bits per heavy atom. The van der Waals surface area contributed by atoms with Crippen LogP contribution in [0.15, 0.2) is 0 Å². The number of nitrogen functional groups attached to an aromatic ring is 2. The first-order valence-electron chi connectivity index (χ1n) is 2.98. The molecule has 4 N–H and O–H groups in total. The first-order valence-corrected chi connectivity index (χ1v) is 2.98. The van der Waals surface area contributed by atoms with Gasteiger partial charge in [-0.05, 0) is 0 Å². The average Bonchev–Trinajstić information content (AvgIpc) is 1.85. The van der Waals surface area contributed by atoms with Gasteiger partial charge in [-0.15, -0.1) is 0 Å². The Morgan fingerprint density at radius 2 is 1.60 bits per heavy atom. The molecular weight excluding hydrogens is 130 g/mol. The van der Waals surface area contributed by atoms with Crippen LogP contribution in [0.5, 0.6) is 0 Å². The summed E-state index contributed by atoms with van der Waals surface area (Å²) in [5.74, 6) is 0.999. The van der Waals surface area contributed by atoms with Crippen molar-refractivity contribution >= 4 is 11.9 Å². The van der Waals surface area contributed by atoms with Gasteiger partial charge in [0.05, 0.1) is 0 Å². The summed E-state index contributed by atoms with van der Waals surface area (Å²) in [5, 5.41) is 0. The number of rotatable bonds is 1. The first kappa shape index (κ1) is 6.73. The van der Waals surface area contributed by atoms with Gasteiger partial charge >= 0.3 is 0 Å². The minimum Gasteiger partial charge on any atom is -0.368 e. The van der Waals surface area contributed by atoms with Gasteiger partial charge in [-0.25, -0.2) is 0 Å². The number of aromatic nitrogens is 3. The molecule has 5 heteroatoms. The van der Waals surface area contributed by atoms with E-state index in [4.69, 9.17) is 11.5 Å². The van der Waals surface area contributed by atoms with Gasteiger partial charge in [-0.1, -0.05) is 6.92 Å². The molecule has 0 amide bonds. The van der Waals surface area contributed by atoms with Crippen molar-refractivity contribution < 1.29 is 0 Å². The Kier molecular flexibility index (Phi) is 1.66. The summed E-state index contributed by atoms with van der Waals surface area (Å²) >= 11 is 0. The minimum absolute atomic E-state index is 0.185. The fraction of sp³-hybridized carbons (Fsp3) is 0.400. The normalized spacial score (nSPS) is 9.70. The van der Waals surface area contributed by atoms with Crippen molar-refractivity contribution in [2.24, 2.45) is 0 Å². The molecule has 5 nitrogen and oxygen atoms in total. The zero-order valence-corrected chi connectivity index (χ0v) is 5.70. The molecule has 1 rings (SSSR count). The van der Waals surface area contributed by atoms with Crippen LogP contribution < -0.4 is 11.5 Å². The number of aryl methyl sites for hydroxylation is 1. The second kappa shape index (κ2) is 2.47. The molecule has 0 aliphatic carbocycles. The highest BCUT2D eigenvalue weighted by Gasteiger charge is 1.96. The van der Waals surface area contributed by atoms with Crippen molar-refractivity contribution in [1.82, 2.24) is 15.0 Å². The number of hydrogen-bond donors (Lipinski definition) is 2. The topological polar surface area (TPSA) is 90.7 Å². The standard InChI is InChI=1S/C5H9N5/c1-2-3-8-4(6)10-5(7)9-3/h2H2,1H3,(H4,6,7,8,9,10). The van der Waals surface area contributed by atoms with Crippen LogP contribution in [-0.4, -0.2) is 15.0 Å². The molecule has 0 atom stereocenters. The fourth-order valence-corrected chi connectivity index (χ4v) is 0.615. The van der Waals surface area contributed by atoms with Crippen molar-refractivity contribution in [2.45, 2.75) is 13.3 Å². The maximum atomic E-state index is 5.29. The van der Waals surface area contributed by atoms with Gasteiger partial charge in [0.1, 0.15) is 5.82 Å². The quantitative estimate of drug-likeness (QED) is 0.552. The highest BCUT2D eigenvalue weighted by molar-refractivity contribution is 5.25. The van der Waals surface area contributed by atoms with Crippen LogP contribution in [0.25, 0.3) is 0 Å². The summed E-state index contributed by atoms with van der Waals surface area (Å²) in [6.07, 6.45) is 0.719. The SMILES string of the molecule is CCc1nc(N)nc(N)n1. The van der Waals surface area contributed by atoms with E-state index in [0.717, 1.165) is 6.42 Å². The van der Waals surface area contributed by atoms with E-state index in [-0.39, 0.29) is 11.9 Å². The van der Waals surface area contributed by atoms with Gasteiger partial charge in [0, 0.05) is 6.42 Å². The average molecular weight is 139 g/mol. The molecular formula is C5H9N5. The van der Waals surface area contributed by atoms with Gasteiger partial charge in [0.15, 0.2) is 0 Å². The molecule has 0 saturated heterocycles. The van der Waals surface area contributed by atoms with Crippen LogP contribution in [0.2, 0.25) is 0 Å². The number of nitrogens with zero attached hydrogens (tertiary/aromatic N) is 3. The molecule has 0 aliphatic rings. The molecule has 54 valence electrons.